The summed E-state index contributed by atoms with van der Waals surface area (Å²) in [6.45, 7) is 5.36. The van der Waals surface area contributed by atoms with Gasteiger partial charge in [-0.2, -0.15) is 0 Å². The van der Waals surface area contributed by atoms with E-state index in [1.807, 2.05) is 13.8 Å². The van der Waals surface area contributed by atoms with Gasteiger partial charge in [0.25, 0.3) is 0 Å². The molecule has 0 N–H and O–H groups in total. The maximum Gasteiger partial charge on any atom is 0.409 e. The molecule has 4 heteroatoms. The van der Waals surface area contributed by atoms with Crippen LogP contribution in [0.3, 0.4) is 0 Å². The topological polar surface area (TPSA) is 29.5 Å². The Labute approximate surface area is 75.5 Å². The fraction of sp³-hybridized carbons (Fsp3) is 0.875. The first kappa shape index (κ1) is 11.3. The molecule has 0 aromatic carbocycles. The molecule has 0 aliphatic carbocycles. The number of hydrogen-bond acceptors (Lipinski definition) is 2. The van der Waals surface area contributed by atoms with Crippen LogP contribution in [0.1, 0.15) is 20.3 Å². The molecule has 1 rings (SSSR count). The van der Waals surface area contributed by atoms with E-state index >= 15 is 0 Å². The number of carbonyl (C=O) groups excluding carboxylic acids is 1. The molecule has 0 aromatic rings. The molecule has 1 aliphatic rings. The van der Waals surface area contributed by atoms with Crippen molar-refractivity contribution in [2.45, 2.75) is 26.1 Å². The number of likely N-dealkylation sites (tertiary alicyclic amines) is 1. The van der Waals surface area contributed by atoms with Crippen LogP contribution in [0.15, 0.2) is 0 Å². The van der Waals surface area contributed by atoms with Crippen molar-refractivity contribution >= 4 is 13.9 Å². The highest BCUT2D eigenvalue weighted by molar-refractivity contribution is 6.12. The summed E-state index contributed by atoms with van der Waals surface area (Å²) in [5, 5.41) is 0. The number of methoxy groups -OCH3 is 1. The summed E-state index contributed by atoms with van der Waals surface area (Å²) in [5.74, 6) is 0.138. The highest BCUT2D eigenvalue weighted by Gasteiger charge is 2.22. The summed E-state index contributed by atoms with van der Waals surface area (Å²) < 4.78 is 4.51. The minimum absolute atomic E-state index is 0.138. The molecule has 1 heterocycles. The molecule has 0 bridgehead atoms. The second kappa shape index (κ2) is 5.92. The van der Waals surface area contributed by atoms with Crippen molar-refractivity contribution in [1.29, 1.82) is 0 Å². The van der Waals surface area contributed by atoms with Gasteiger partial charge in [-0.25, -0.2) is 4.79 Å². The third-order valence-corrected chi connectivity index (χ3v) is 1.66. The van der Waals surface area contributed by atoms with Gasteiger partial charge in [0, 0.05) is 13.1 Å². The summed E-state index contributed by atoms with van der Waals surface area (Å²) in [7, 11) is 6.95. The van der Waals surface area contributed by atoms with Gasteiger partial charge in [0.05, 0.1) is 15.0 Å². The number of ether oxygens (including phenoxy) is 1. The molecule has 2 radical (unpaired) electrons. The molecular formula is C8H16BNO2. The first-order chi connectivity index (χ1) is 5.74. The average Bonchev–Trinajstić information content (AvgIpc) is 2.54. The van der Waals surface area contributed by atoms with E-state index in [-0.39, 0.29) is 11.9 Å². The molecule has 1 aliphatic heterocycles. The Morgan fingerprint density at radius 1 is 1.58 bits per heavy atom. The van der Waals surface area contributed by atoms with Gasteiger partial charge in [-0.3, -0.25) is 0 Å². The average molecular weight is 169 g/mol. The van der Waals surface area contributed by atoms with E-state index in [0.29, 0.717) is 6.54 Å². The Hall–Kier alpha value is -0.665. The lowest BCUT2D eigenvalue weighted by Gasteiger charge is -2.12. The second-order valence-corrected chi connectivity index (χ2v) is 2.46. The van der Waals surface area contributed by atoms with Crippen molar-refractivity contribution < 1.29 is 9.53 Å². The van der Waals surface area contributed by atoms with E-state index in [1.54, 1.807) is 4.90 Å². The van der Waals surface area contributed by atoms with E-state index in [9.17, 15) is 4.79 Å². The van der Waals surface area contributed by atoms with E-state index in [1.165, 1.54) is 7.11 Å². The highest BCUT2D eigenvalue weighted by atomic mass is 16.5. The normalized spacial score (nSPS) is 21.2. The zero-order chi connectivity index (χ0) is 9.56. The van der Waals surface area contributed by atoms with Gasteiger partial charge in [0.1, 0.15) is 0 Å². The zero-order valence-corrected chi connectivity index (χ0v) is 8.04. The number of amides is 1. The molecular weight excluding hydrogens is 153 g/mol. The maximum atomic E-state index is 10.8. The van der Waals surface area contributed by atoms with Crippen LogP contribution < -0.4 is 0 Å². The van der Waals surface area contributed by atoms with Crippen LogP contribution in [0.5, 0.6) is 0 Å². The summed E-state index contributed by atoms with van der Waals surface area (Å²) in [6.07, 6.45) is 0.614. The van der Waals surface area contributed by atoms with E-state index in [0.717, 1.165) is 13.0 Å². The van der Waals surface area contributed by atoms with E-state index in [2.05, 4.69) is 4.74 Å². The lowest BCUT2D eigenvalue weighted by Crippen LogP contribution is -2.27. The Morgan fingerprint density at radius 3 is 2.50 bits per heavy atom. The van der Waals surface area contributed by atoms with Gasteiger partial charge in [0.15, 0.2) is 0 Å². The maximum absolute atomic E-state index is 10.8. The SMILES string of the molecule is CC.[B]C1CCN(C(=O)OC)C1. The molecule has 68 valence electrons. The number of carbonyl (C=O) groups is 1. The summed E-state index contributed by atoms with van der Waals surface area (Å²) >= 11 is 0. The third-order valence-electron chi connectivity index (χ3n) is 1.66. The third kappa shape index (κ3) is 3.16. The predicted octanol–water partition coefficient (Wildman–Crippen LogP) is 1.44. The minimum Gasteiger partial charge on any atom is -0.453 e. The van der Waals surface area contributed by atoms with Crippen molar-refractivity contribution in [1.82, 2.24) is 4.90 Å². The van der Waals surface area contributed by atoms with Crippen LogP contribution in [0, 0.1) is 0 Å². The van der Waals surface area contributed by atoms with Crippen molar-refractivity contribution in [2.24, 2.45) is 0 Å². The van der Waals surface area contributed by atoms with Crippen LogP contribution in [-0.2, 0) is 4.74 Å². The lowest BCUT2D eigenvalue weighted by atomic mass is 9.87. The lowest BCUT2D eigenvalue weighted by molar-refractivity contribution is 0.133. The number of nitrogens with zero attached hydrogens (tertiary/aromatic N) is 1. The largest absolute Gasteiger partial charge is 0.453 e. The highest BCUT2D eigenvalue weighted by Crippen LogP contribution is 2.17. The zero-order valence-electron chi connectivity index (χ0n) is 8.04. The molecule has 0 aromatic heterocycles. The van der Waals surface area contributed by atoms with Crippen molar-refractivity contribution in [3.63, 3.8) is 0 Å². The fourth-order valence-corrected chi connectivity index (χ4v) is 1.08. The predicted molar refractivity (Wildman–Crippen MR) is 49.4 cm³/mol. The molecule has 0 saturated carbocycles. The molecule has 1 atom stereocenters. The molecule has 0 spiro atoms. The number of rotatable bonds is 0. The summed E-state index contributed by atoms with van der Waals surface area (Å²) in [4.78, 5) is 12.4. The summed E-state index contributed by atoms with van der Waals surface area (Å²) in [6, 6.07) is 0. The van der Waals surface area contributed by atoms with Gasteiger partial charge in [-0.05, 0) is 6.42 Å². The minimum atomic E-state index is -0.270. The van der Waals surface area contributed by atoms with Crippen molar-refractivity contribution in [2.75, 3.05) is 20.2 Å². The Morgan fingerprint density at radius 2 is 2.17 bits per heavy atom. The Kier molecular flexibility index (Phi) is 5.59. The molecule has 12 heavy (non-hydrogen) atoms. The molecule has 3 nitrogen and oxygen atoms in total. The van der Waals surface area contributed by atoms with Gasteiger partial charge in [-0.1, -0.05) is 19.7 Å². The van der Waals surface area contributed by atoms with Crippen LogP contribution >= 0.6 is 0 Å². The van der Waals surface area contributed by atoms with Crippen LogP contribution in [0.2, 0.25) is 5.82 Å². The van der Waals surface area contributed by atoms with Gasteiger partial charge >= 0.3 is 6.09 Å². The molecule has 1 unspecified atom stereocenters. The van der Waals surface area contributed by atoms with Crippen LogP contribution in [0.25, 0.3) is 0 Å². The number of hydrogen-bond donors (Lipinski definition) is 0. The first-order valence-electron chi connectivity index (χ1n) is 4.32. The van der Waals surface area contributed by atoms with Gasteiger partial charge in [0.2, 0.25) is 0 Å². The standard InChI is InChI=1S/C6H10BNO2.C2H6/c1-10-6(9)8-3-2-5(7)4-8;1-2/h5H,2-4H2,1H3;1-2H3. The Bertz CT molecular complexity index is 141. The van der Waals surface area contributed by atoms with Gasteiger partial charge in [-0.15, -0.1) is 0 Å². The van der Waals surface area contributed by atoms with Crippen molar-refractivity contribution in [3.8, 4) is 0 Å². The Balaban J connectivity index is 0.000000561. The van der Waals surface area contributed by atoms with E-state index < -0.39 is 0 Å². The van der Waals surface area contributed by atoms with Gasteiger partial charge < -0.3 is 9.64 Å². The second-order valence-electron chi connectivity index (χ2n) is 2.46. The fourth-order valence-electron chi connectivity index (χ4n) is 1.08. The quantitative estimate of drug-likeness (QED) is 0.513. The smallest absolute Gasteiger partial charge is 0.409 e. The van der Waals surface area contributed by atoms with E-state index in [4.69, 9.17) is 7.85 Å². The molecule has 1 saturated heterocycles. The molecule has 1 amide bonds. The van der Waals surface area contributed by atoms with Crippen LogP contribution in [-0.4, -0.2) is 39.0 Å². The monoisotopic (exact) mass is 169 g/mol. The molecule has 1 fully saturated rings. The first-order valence-corrected chi connectivity index (χ1v) is 4.32. The van der Waals surface area contributed by atoms with Crippen molar-refractivity contribution in [3.05, 3.63) is 0 Å². The summed E-state index contributed by atoms with van der Waals surface area (Å²) in [5.41, 5.74) is 0. The van der Waals surface area contributed by atoms with Crippen LogP contribution in [0.4, 0.5) is 4.79 Å².